The highest BCUT2D eigenvalue weighted by Crippen LogP contribution is 2.60. The average molecular weight is 680 g/mol. The van der Waals surface area contributed by atoms with E-state index >= 15 is 0 Å². The summed E-state index contributed by atoms with van der Waals surface area (Å²) in [5.74, 6) is 0.600. The van der Waals surface area contributed by atoms with Crippen LogP contribution in [0.2, 0.25) is 0 Å². The number of hydrogen-bond acceptors (Lipinski definition) is 8. The van der Waals surface area contributed by atoms with Crippen molar-refractivity contribution in [3.63, 3.8) is 0 Å². The Morgan fingerprint density at radius 3 is 2.40 bits per heavy atom. The highest BCUT2D eigenvalue weighted by Gasteiger charge is 2.65. The quantitative estimate of drug-likeness (QED) is 0.177. The lowest BCUT2D eigenvalue weighted by atomic mass is 9.63. The Bertz CT molecular complexity index is 1850. The molecule has 3 aromatic carbocycles. The van der Waals surface area contributed by atoms with Gasteiger partial charge in [0.1, 0.15) is 11.5 Å². The molecule has 0 saturated carbocycles. The number of carbonyl (C=O) groups is 2. The Kier molecular flexibility index (Phi) is 9.82. The number of fused-ring (bicyclic) bond motifs is 2. The maximum absolute atomic E-state index is 14.8. The van der Waals surface area contributed by atoms with E-state index in [1.54, 1.807) is 54.1 Å². The van der Waals surface area contributed by atoms with Crippen LogP contribution in [-0.4, -0.2) is 65.4 Å². The van der Waals surface area contributed by atoms with Crippen molar-refractivity contribution in [1.82, 2.24) is 15.0 Å². The van der Waals surface area contributed by atoms with Crippen molar-refractivity contribution >= 4 is 23.2 Å². The highest BCUT2D eigenvalue weighted by molar-refractivity contribution is 6.09. The third kappa shape index (κ3) is 6.16. The first-order chi connectivity index (χ1) is 24.1. The zero-order valence-corrected chi connectivity index (χ0v) is 29.3. The molecule has 0 bridgehead atoms. The molecule has 2 N–H and O–H groups in total. The number of carbonyl (C=O) groups excluding carboxylic acids is 2. The summed E-state index contributed by atoms with van der Waals surface area (Å²) < 4.78 is 19.6. The van der Waals surface area contributed by atoms with Gasteiger partial charge in [-0.2, -0.15) is 0 Å². The van der Waals surface area contributed by atoms with E-state index in [4.69, 9.17) is 14.2 Å². The molecule has 1 saturated heterocycles. The molecule has 6 rings (SSSR count). The zero-order valence-electron chi connectivity index (χ0n) is 29.3. The van der Waals surface area contributed by atoms with Crippen molar-refractivity contribution < 1.29 is 28.9 Å². The number of aliphatic hydroxyl groups excluding tert-OH is 1. The summed E-state index contributed by atoms with van der Waals surface area (Å²) in [7, 11) is 3.23. The van der Waals surface area contributed by atoms with Crippen molar-refractivity contribution in [2.24, 2.45) is 11.8 Å². The summed E-state index contributed by atoms with van der Waals surface area (Å²) in [6.45, 7) is 11.2. The maximum atomic E-state index is 14.8. The lowest BCUT2D eigenvalue weighted by molar-refractivity contribution is -0.146. The third-order valence-corrected chi connectivity index (χ3v) is 10.4. The second-order valence-corrected chi connectivity index (χ2v) is 13.5. The number of rotatable bonds is 13. The number of benzene rings is 3. The van der Waals surface area contributed by atoms with Crippen LogP contribution in [0.3, 0.4) is 0 Å². The van der Waals surface area contributed by atoms with E-state index in [-0.39, 0.29) is 36.4 Å². The number of nitrogens with zero attached hydrogens (tertiary/aromatic N) is 4. The van der Waals surface area contributed by atoms with Crippen molar-refractivity contribution in [1.29, 1.82) is 0 Å². The Hall–Kier alpha value is -5.00. The van der Waals surface area contributed by atoms with E-state index in [1.807, 2.05) is 36.5 Å². The standard InChI is InChI=1S/C39H45N5O6/c1-7-20-44-33-17-12-28(40-36(46)26-8-13-30(48-5)14-9-26)23-32(33)39(37(44)47)25(2)35(38(3,4)27-10-15-31(49-6)16-11-27)34(50-39)18-21-43-24-29(19-22-45)41-42-43/h7-17,23-25,34-35,45H,1,18-22H2,2-6H3,(H,40,46)/t25-,34+,35-,39+/m1/s1. The molecule has 0 radical (unpaired) electrons. The summed E-state index contributed by atoms with van der Waals surface area (Å²) in [6.07, 6.45) is 4.19. The molecule has 11 heteroatoms. The summed E-state index contributed by atoms with van der Waals surface area (Å²) in [5, 5.41) is 20.9. The largest absolute Gasteiger partial charge is 0.497 e. The molecule has 0 unspecified atom stereocenters. The van der Waals surface area contributed by atoms with Gasteiger partial charge in [-0.3, -0.25) is 14.3 Å². The van der Waals surface area contributed by atoms with Gasteiger partial charge in [0, 0.05) is 61.0 Å². The third-order valence-electron chi connectivity index (χ3n) is 10.4. The van der Waals surface area contributed by atoms with E-state index in [9.17, 15) is 14.7 Å². The molecule has 50 heavy (non-hydrogen) atoms. The first kappa shape index (κ1) is 34.8. The van der Waals surface area contributed by atoms with Crippen molar-refractivity contribution in [2.75, 3.05) is 37.6 Å². The number of ether oxygens (including phenoxy) is 3. The van der Waals surface area contributed by atoms with Gasteiger partial charge in [0.15, 0.2) is 5.60 Å². The highest BCUT2D eigenvalue weighted by atomic mass is 16.5. The fourth-order valence-corrected chi connectivity index (χ4v) is 7.85. The smallest absolute Gasteiger partial charge is 0.264 e. The number of aromatic nitrogens is 3. The topological polar surface area (TPSA) is 128 Å². The van der Waals surface area contributed by atoms with E-state index in [0.29, 0.717) is 54.2 Å². The number of methoxy groups -OCH3 is 2. The molecule has 1 fully saturated rings. The molecule has 3 heterocycles. The number of aliphatic hydroxyl groups is 1. The summed E-state index contributed by atoms with van der Waals surface area (Å²) in [5.41, 5.74) is 2.54. The van der Waals surface area contributed by atoms with Gasteiger partial charge < -0.3 is 29.5 Å². The predicted molar refractivity (Wildman–Crippen MR) is 191 cm³/mol. The van der Waals surface area contributed by atoms with E-state index in [2.05, 4.69) is 55.1 Å². The van der Waals surface area contributed by atoms with Crippen LogP contribution in [0.4, 0.5) is 11.4 Å². The molecule has 11 nitrogen and oxygen atoms in total. The monoisotopic (exact) mass is 679 g/mol. The van der Waals surface area contributed by atoms with Gasteiger partial charge in [0.2, 0.25) is 0 Å². The minimum absolute atomic E-state index is 0.00609. The SMILES string of the molecule is C=CCN1C(=O)[C@@]2(O[C@@H](CCn3cc(CCO)nn3)[C@H](C(C)(C)c3ccc(OC)cc3)[C@H]2C)c2cc(NC(=O)c3ccc(OC)cc3)ccc21. The second kappa shape index (κ2) is 14.1. The second-order valence-electron chi connectivity index (χ2n) is 13.5. The van der Waals surface area contributed by atoms with Gasteiger partial charge in [0.25, 0.3) is 11.8 Å². The minimum Gasteiger partial charge on any atom is -0.497 e. The molecule has 1 aromatic heterocycles. The maximum Gasteiger partial charge on any atom is 0.264 e. The van der Waals surface area contributed by atoms with Crippen molar-refractivity contribution in [2.45, 2.75) is 57.3 Å². The van der Waals surface area contributed by atoms with Gasteiger partial charge in [-0.25, -0.2) is 0 Å². The normalized spacial score (nSPS) is 21.4. The van der Waals surface area contributed by atoms with E-state index in [0.717, 1.165) is 17.0 Å². The van der Waals surface area contributed by atoms with Crippen molar-refractivity contribution in [3.8, 4) is 11.5 Å². The fraction of sp³-hybridized carbons (Fsp3) is 0.385. The minimum atomic E-state index is -1.32. The van der Waals surface area contributed by atoms with Crippen LogP contribution in [0.5, 0.6) is 11.5 Å². The van der Waals surface area contributed by atoms with Crippen LogP contribution in [-0.2, 0) is 33.5 Å². The molecular weight excluding hydrogens is 634 g/mol. The van der Waals surface area contributed by atoms with Crippen LogP contribution in [0.15, 0.2) is 85.6 Å². The molecule has 0 aliphatic carbocycles. The summed E-state index contributed by atoms with van der Waals surface area (Å²) in [4.78, 5) is 29.8. The molecule has 1 spiro atoms. The molecule has 2 amide bonds. The van der Waals surface area contributed by atoms with Gasteiger partial charge in [0.05, 0.1) is 31.7 Å². The number of amides is 2. The van der Waals surface area contributed by atoms with Gasteiger partial charge in [-0.1, -0.05) is 44.2 Å². The van der Waals surface area contributed by atoms with Crippen LogP contribution < -0.4 is 19.7 Å². The Labute approximate surface area is 292 Å². The molecular formula is C39H45N5O6. The molecule has 2 aliphatic rings. The van der Waals surface area contributed by atoms with Crippen LogP contribution in [0.1, 0.15) is 54.4 Å². The number of anilines is 2. The van der Waals surface area contributed by atoms with Crippen LogP contribution in [0.25, 0.3) is 0 Å². The molecule has 4 aromatic rings. The Balaban J connectivity index is 1.40. The number of nitrogens with one attached hydrogen (secondary N) is 1. The zero-order chi connectivity index (χ0) is 35.6. The molecule has 262 valence electrons. The number of aryl methyl sites for hydroxylation is 1. The van der Waals surface area contributed by atoms with E-state index < -0.39 is 11.0 Å². The van der Waals surface area contributed by atoms with Crippen LogP contribution >= 0.6 is 0 Å². The summed E-state index contributed by atoms with van der Waals surface area (Å²) >= 11 is 0. The van der Waals surface area contributed by atoms with E-state index in [1.165, 1.54) is 0 Å². The van der Waals surface area contributed by atoms with Gasteiger partial charge in [-0.05, 0) is 72.0 Å². The lowest BCUT2D eigenvalue weighted by Gasteiger charge is -2.38. The average Bonchev–Trinajstić information content (AvgIpc) is 3.77. The first-order valence-electron chi connectivity index (χ1n) is 16.9. The van der Waals surface area contributed by atoms with Crippen molar-refractivity contribution in [3.05, 3.63) is 108 Å². The Morgan fingerprint density at radius 1 is 1.08 bits per heavy atom. The van der Waals surface area contributed by atoms with Crippen LogP contribution in [0, 0.1) is 11.8 Å². The number of hydrogen-bond donors (Lipinski definition) is 2. The molecule has 2 aliphatic heterocycles. The Morgan fingerprint density at radius 2 is 1.76 bits per heavy atom. The fourth-order valence-electron chi connectivity index (χ4n) is 7.85. The first-order valence-corrected chi connectivity index (χ1v) is 16.9. The van der Waals surface area contributed by atoms with Gasteiger partial charge >= 0.3 is 0 Å². The molecule has 4 atom stereocenters. The lowest BCUT2D eigenvalue weighted by Crippen LogP contribution is -2.46. The van der Waals surface area contributed by atoms with Gasteiger partial charge in [-0.15, -0.1) is 11.7 Å². The predicted octanol–water partition coefficient (Wildman–Crippen LogP) is 5.53. The summed E-state index contributed by atoms with van der Waals surface area (Å²) in [6, 6.07) is 20.5.